The molecule has 174 valence electrons. The number of nitrogens with zero attached hydrogens (tertiary/aromatic N) is 5. The van der Waals surface area contributed by atoms with Crippen molar-refractivity contribution in [2.45, 2.75) is 51.4 Å². The third-order valence-electron chi connectivity index (χ3n) is 6.64. The summed E-state index contributed by atoms with van der Waals surface area (Å²) < 4.78 is 27.2. The van der Waals surface area contributed by atoms with E-state index in [0.29, 0.717) is 17.4 Å². The zero-order valence-electron chi connectivity index (χ0n) is 18.7. The van der Waals surface area contributed by atoms with Gasteiger partial charge in [-0.1, -0.05) is 26.0 Å². The Morgan fingerprint density at radius 3 is 2.59 bits per heavy atom. The lowest BCUT2D eigenvalue weighted by molar-refractivity contribution is 0.0481. The summed E-state index contributed by atoms with van der Waals surface area (Å²) in [5, 5.41) is 9.58. The topological polar surface area (TPSA) is 69.2 Å². The summed E-state index contributed by atoms with van der Waals surface area (Å²) in [6.45, 7) is 9.12. The van der Waals surface area contributed by atoms with Gasteiger partial charge < -0.3 is 14.2 Å². The lowest BCUT2D eigenvalue weighted by atomic mass is 9.94. The van der Waals surface area contributed by atoms with Crippen molar-refractivity contribution in [2.24, 2.45) is 5.92 Å². The minimum Gasteiger partial charge on any atom is -0.381 e. The number of para-hydroxylation sites is 1. The number of aromatic nitrogens is 4. The average Bonchev–Trinajstić information content (AvgIpc) is 3.41. The Hall–Kier alpha value is -2.03. The van der Waals surface area contributed by atoms with Crippen LogP contribution in [0.3, 0.4) is 0 Å². The SMILES string of the molecule is CC(C)c1nn(-c2noc(C3CCN(CC4CCOCC4)CC3)n2)c2c(F)cccc12.Cl. The Morgan fingerprint density at radius 1 is 1.12 bits per heavy atom. The van der Waals surface area contributed by atoms with E-state index in [2.05, 4.69) is 20.1 Å². The molecule has 9 heteroatoms. The van der Waals surface area contributed by atoms with Gasteiger partial charge in [-0.2, -0.15) is 14.8 Å². The van der Waals surface area contributed by atoms with Gasteiger partial charge in [-0.25, -0.2) is 4.39 Å². The molecule has 0 atom stereocenters. The summed E-state index contributed by atoms with van der Waals surface area (Å²) in [6.07, 6.45) is 4.33. The van der Waals surface area contributed by atoms with Gasteiger partial charge in [0.25, 0.3) is 5.95 Å². The van der Waals surface area contributed by atoms with Crippen molar-refractivity contribution in [3.63, 3.8) is 0 Å². The van der Waals surface area contributed by atoms with Crippen LogP contribution in [0.2, 0.25) is 0 Å². The fraction of sp³-hybridized carbons (Fsp3) is 0.609. The van der Waals surface area contributed by atoms with E-state index in [1.54, 1.807) is 6.07 Å². The molecule has 0 radical (unpaired) electrons. The van der Waals surface area contributed by atoms with E-state index in [-0.39, 0.29) is 30.1 Å². The van der Waals surface area contributed by atoms with Crippen LogP contribution in [0, 0.1) is 11.7 Å². The van der Waals surface area contributed by atoms with Gasteiger partial charge in [0.05, 0.1) is 5.69 Å². The van der Waals surface area contributed by atoms with Crippen molar-refractivity contribution in [3.05, 3.63) is 35.6 Å². The Balaban J connectivity index is 0.00000245. The van der Waals surface area contributed by atoms with Crippen LogP contribution in [0.1, 0.15) is 63.0 Å². The number of rotatable bonds is 5. The number of hydrogen-bond acceptors (Lipinski definition) is 6. The highest BCUT2D eigenvalue weighted by Gasteiger charge is 2.28. The van der Waals surface area contributed by atoms with Gasteiger partial charge in [0.2, 0.25) is 5.89 Å². The molecule has 2 aromatic heterocycles. The second-order valence-corrected chi connectivity index (χ2v) is 9.15. The van der Waals surface area contributed by atoms with E-state index in [4.69, 9.17) is 9.26 Å². The Morgan fingerprint density at radius 2 is 1.88 bits per heavy atom. The van der Waals surface area contributed by atoms with E-state index in [0.717, 1.165) is 62.7 Å². The first-order chi connectivity index (χ1) is 15.1. The molecule has 2 aliphatic rings. The first kappa shape index (κ1) is 23.1. The first-order valence-corrected chi connectivity index (χ1v) is 11.4. The minimum absolute atomic E-state index is 0. The van der Waals surface area contributed by atoms with Crippen LogP contribution in [-0.4, -0.2) is 57.7 Å². The number of ether oxygens (including phenoxy) is 1. The van der Waals surface area contributed by atoms with E-state index < -0.39 is 0 Å². The molecule has 0 unspecified atom stereocenters. The predicted octanol–water partition coefficient (Wildman–Crippen LogP) is 4.70. The van der Waals surface area contributed by atoms with Crippen molar-refractivity contribution in [3.8, 4) is 5.95 Å². The number of hydrogen-bond donors (Lipinski definition) is 0. The largest absolute Gasteiger partial charge is 0.381 e. The maximum absolute atomic E-state index is 14.6. The maximum Gasteiger partial charge on any atom is 0.291 e. The molecule has 0 amide bonds. The van der Waals surface area contributed by atoms with Gasteiger partial charge >= 0.3 is 0 Å². The van der Waals surface area contributed by atoms with E-state index in [1.165, 1.54) is 23.6 Å². The highest BCUT2D eigenvalue weighted by molar-refractivity contribution is 5.85. The fourth-order valence-corrected chi connectivity index (χ4v) is 4.86. The Bertz CT molecular complexity index is 1040. The third-order valence-corrected chi connectivity index (χ3v) is 6.64. The second kappa shape index (κ2) is 9.85. The lowest BCUT2D eigenvalue weighted by Crippen LogP contribution is -2.38. The van der Waals surface area contributed by atoms with Crippen LogP contribution in [0.4, 0.5) is 4.39 Å². The molecule has 0 saturated carbocycles. The van der Waals surface area contributed by atoms with Crippen LogP contribution < -0.4 is 0 Å². The van der Waals surface area contributed by atoms with Gasteiger partial charge in [0.1, 0.15) is 11.3 Å². The van der Waals surface area contributed by atoms with Gasteiger partial charge in [-0.05, 0) is 61.8 Å². The van der Waals surface area contributed by atoms with Crippen LogP contribution in [-0.2, 0) is 4.74 Å². The average molecular weight is 464 g/mol. The first-order valence-electron chi connectivity index (χ1n) is 11.4. The van der Waals surface area contributed by atoms with E-state index in [9.17, 15) is 4.39 Å². The molecule has 0 bridgehead atoms. The van der Waals surface area contributed by atoms with Gasteiger partial charge in [-0.15, -0.1) is 12.4 Å². The number of benzene rings is 1. The monoisotopic (exact) mass is 463 g/mol. The number of halogens is 2. The quantitative estimate of drug-likeness (QED) is 0.546. The molecule has 0 N–H and O–H groups in total. The maximum atomic E-state index is 14.6. The van der Waals surface area contributed by atoms with Crippen LogP contribution >= 0.6 is 12.4 Å². The molecule has 7 nitrogen and oxygen atoms in total. The summed E-state index contributed by atoms with van der Waals surface area (Å²) in [5.74, 6) is 1.76. The Labute approximate surface area is 193 Å². The summed E-state index contributed by atoms with van der Waals surface area (Å²) >= 11 is 0. The smallest absolute Gasteiger partial charge is 0.291 e. The molecule has 1 aromatic carbocycles. The normalized spacial score (nSPS) is 19.0. The van der Waals surface area contributed by atoms with Gasteiger partial charge in [0.15, 0.2) is 0 Å². The summed E-state index contributed by atoms with van der Waals surface area (Å²) in [5.41, 5.74) is 1.24. The molecule has 2 fully saturated rings. The molecule has 0 aliphatic carbocycles. The highest BCUT2D eigenvalue weighted by Crippen LogP contribution is 2.31. The lowest BCUT2D eigenvalue weighted by Gasteiger charge is -2.34. The molecule has 3 aromatic rings. The molecule has 4 heterocycles. The standard InChI is InChI=1S/C23H30FN5O2.ClH/c1-15(2)20-18-4-3-5-19(24)21(18)29(26-20)23-25-22(31-27-23)17-6-10-28(11-7-17)14-16-8-12-30-13-9-16;/h3-5,15-17H,6-14H2,1-2H3;1H. The Kier molecular flexibility index (Phi) is 7.12. The molecule has 32 heavy (non-hydrogen) atoms. The van der Waals surface area contributed by atoms with Gasteiger partial charge in [0, 0.05) is 31.1 Å². The number of likely N-dealkylation sites (tertiary alicyclic amines) is 1. The molecule has 2 saturated heterocycles. The predicted molar refractivity (Wildman–Crippen MR) is 122 cm³/mol. The molecule has 0 spiro atoms. The summed E-state index contributed by atoms with van der Waals surface area (Å²) in [4.78, 5) is 7.18. The van der Waals surface area contributed by atoms with Crippen molar-refractivity contribution < 1.29 is 13.7 Å². The van der Waals surface area contributed by atoms with Crippen LogP contribution in [0.5, 0.6) is 0 Å². The van der Waals surface area contributed by atoms with Crippen molar-refractivity contribution in [1.29, 1.82) is 0 Å². The van der Waals surface area contributed by atoms with Crippen molar-refractivity contribution in [2.75, 3.05) is 32.8 Å². The molecule has 2 aliphatic heterocycles. The molecule has 5 rings (SSSR count). The van der Waals surface area contributed by atoms with E-state index in [1.807, 2.05) is 19.9 Å². The fourth-order valence-electron chi connectivity index (χ4n) is 4.86. The number of piperidine rings is 1. The summed E-state index contributed by atoms with van der Waals surface area (Å²) in [7, 11) is 0. The van der Waals surface area contributed by atoms with Crippen LogP contribution in [0.25, 0.3) is 16.9 Å². The number of fused-ring (bicyclic) bond motifs is 1. The second-order valence-electron chi connectivity index (χ2n) is 9.15. The summed E-state index contributed by atoms with van der Waals surface area (Å²) in [6, 6.07) is 5.05. The zero-order chi connectivity index (χ0) is 21.4. The molecular weight excluding hydrogens is 433 g/mol. The highest BCUT2D eigenvalue weighted by atomic mass is 35.5. The van der Waals surface area contributed by atoms with Crippen molar-refractivity contribution in [1.82, 2.24) is 24.8 Å². The molecular formula is C23H31ClFN5O2. The third kappa shape index (κ3) is 4.54. The zero-order valence-corrected chi connectivity index (χ0v) is 19.5. The van der Waals surface area contributed by atoms with E-state index >= 15 is 0 Å². The van der Waals surface area contributed by atoms with Gasteiger partial charge in [-0.3, -0.25) is 0 Å². The van der Waals surface area contributed by atoms with Crippen molar-refractivity contribution >= 4 is 23.3 Å². The minimum atomic E-state index is -0.329. The van der Waals surface area contributed by atoms with Crippen LogP contribution in [0.15, 0.2) is 22.7 Å².